The van der Waals surface area contributed by atoms with Gasteiger partial charge in [-0.3, -0.25) is 9.59 Å². The van der Waals surface area contributed by atoms with Crippen molar-refractivity contribution in [3.05, 3.63) is 21.9 Å². The summed E-state index contributed by atoms with van der Waals surface area (Å²) in [5, 5.41) is 14.2. The molecule has 23 heavy (non-hydrogen) atoms. The van der Waals surface area contributed by atoms with Gasteiger partial charge in [0.05, 0.1) is 10.9 Å². The van der Waals surface area contributed by atoms with E-state index in [4.69, 9.17) is 0 Å². The highest BCUT2D eigenvalue weighted by Gasteiger charge is 2.40. The fourth-order valence-corrected chi connectivity index (χ4v) is 4.00. The van der Waals surface area contributed by atoms with E-state index >= 15 is 0 Å². The van der Waals surface area contributed by atoms with Crippen LogP contribution in [0.15, 0.2) is 11.4 Å². The van der Waals surface area contributed by atoms with Gasteiger partial charge in [-0.2, -0.15) is 5.26 Å². The van der Waals surface area contributed by atoms with Gasteiger partial charge < -0.3 is 5.32 Å². The first-order chi connectivity index (χ1) is 10.7. The fourth-order valence-electron chi connectivity index (χ4n) is 3.16. The number of carbonyl (C=O) groups is 2. The van der Waals surface area contributed by atoms with Crippen molar-refractivity contribution in [1.82, 2.24) is 5.32 Å². The molecule has 1 N–H and O–H groups in total. The molecule has 1 aromatic heterocycles. The van der Waals surface area contributed by atoms with Crippen LogP contribution in [0.4, 0.5) is 0 Å². The molecule has 1 amide bonds. The van der Waals surface area contributed by atoms with Crippen LogP contribution < -0.4 is 5.32 Å². The molecule has 2 rings (SSSR count). The van der Waals surface area contributed by atoms with Crippen LogP contribution >= 0.6 is 11.3 Å². The first kappa shape index (κ1) is 17.7. The van der Waals surface area contributed by atoms with Crippen molar-refractivity contribution in [3.8, 4) is 6.07 Å². The molecule has 4 nitrogen and oxygen atoms in total. The normalized spacial score (nSPS) is 24.7. The predicted molar refractivity (Wildman–Crippen MR) is 91.5 cm³/mol. The molecule has 0 aromatic carbocycles. The third kappa shape index (κ3) is 4.00. The Bertz CT molecular complexity index is 641. The molecule has 0 unspecified atom stereocenters. The van der Waals surface area contributed by atoms with Crippen LogP contribution in [0, 0.1) is 22.7 Å². The molecule has 1 aliphatic carbocycles. The zero-order chi connectivity index (χ0) is 17.3. The number of hydrogen-bond acceptors (Lipinski definition) is 4. The van der Waals surface area contributed by atoms with Crippen molar-refractivity contribution in [2.45, 2.75) is 58.9 Å². The van der Waals surface area contributed by atoms with Gasteiger partial charge in [0.1, 0.15) is 5.54 Å². The zero-order valence-corrected chi connectivity index (χ0v) is 15.0. The second-order valence-corrected chi connectivity index (χ2v) is 8.46. The molecule has 0 aliphatic heterocycles. The molecular formula is C18H24N2O2S. The van der Waals surface area contributed by atoms with E-state index in [0.29, 0.717) is 29.2 Å². The standard InChI is InChI=1S/C18H24N2O2S/c1-12(21)13-9-15(23-10-13)16(22)20-18(11-19)7-5-14(6-8-18)17(2,3)4/h9-10,14H,5-8H2,1-4H3,(H,20,22). The van der Waals surface area contributed by atoms with E-state index in [1.165, 1.54) is 18.3 Å². The highest BCUT2D eigenvalue weighted by molar-refractivity contribution is 7.12. The van der Waals surface area contributed by atoms with E-state index in [1.807, 2.05) is 0 Å². The van der Waals surface area contributed by atoms with Crippen LogP contribution in [0.1, 0.15) is 73.4 Å². The predicted octanol–water partition coefficient (Wildman–Crippen LogP) is 4.18. The number of rotatable bonds is 3. The van der Waals surface area contributed by atoms with Crippen molar-refractivity contribution in [2.75, 3.05) is 0 Å². The smallest absolute Gasteiger partial charge is 0.262 e. The van der Waals surface area contributed by atoms with Crippen molar-refractivity contribution in [1.29, 1.82) is 5.26 Å². The number of thiophene rings is 1. The summed E-state index contributed by atoms with van der Waals surface area (Å²) in [5.41, 5.74) is -0.00258. The van der Waals surface area contributed by atoms with Gasteiger partial charge in [-0.15, -0.1) is 11.3 Å². The summed E-state index contributed by atoms with van der Waals surface area (Å²) in [7, 11) is 0. The van der Waals surface area contributed by atoms with Gasteiger partial charge >= 0.3 is 0 Å². The van der Waals surface area contributed by atoms with Crippen LogP contribution in [-0.2, 0) is 0 Å². The molecule has 1 aromatic rings. The minimum Gasteiger partial charge on any atom is -0.333 e. The van der Waals surface area contributed by atoms with Crippen LogP contribution in [0.5, 0.6) is 0 Å². The maximum Gasteiger partial charge on any atom is 0.262 e. The second-order valence-electron chi connectivity index (χ2n) is 7.54. The average molecular weight is 332 g/mol. The molecular weight excluding hydrogens is 308 g/mol. The molecule has 0 spiro atoms. The van der Waals surface area contributed by atoms with Gasteiger partial charge in [0, 0.05) is 10.9 Å². The van der Waals surface area contributed by atoms with E-state index in [1.54, 1.807) is 11.4 Å². The third-order valence-corrected chi connectivity index (χ3v) is 5.79. The van der Waals surface area contributed by atoms with Gasteiger partial charge in [0.25, 0.3) is 5.91 Å². The summed E-state index contributed by atoms with van der Waals surface area (Å²) in [6.07, 6.45) is 3.26. The maximum absolute atomic E-state index is 12.4. The van der Waals surface area contributed by atoms with Crippen LogP contribution in [0.25, 0.3) is 0 Å². The van der Waals surface area contributed by atoms with Crippen molar-refractivity contribution >= 4 is 23.0 Å². The monoisotopic (exact) mass is 332 g/mol. The molecule has 1 aliphatic rings. The Morgan fingerprint density at radius 1 is 1.35 bits per heavy atom. The number of ketones is 1. The van der Waals surface area contributed by atoms with E-state index in [2.05, 4.69) is 32.2 Å². The van der Waals surface area contributed by atoms with E-state index in [0.717, 1.165) is 12.8 Å². The zero-order valence-electron chi connectivity index (χ0n) is 14.2. The second kappa shape index (κ2) is 6.45. The van der Waals surface area contributed by atoms with Gasteiger partial charge in [-0.05, 0) is 50.0 Å². The minimum absolute atomic E-state index is 0.0546. The van der Waals surface area contributed by atoms with Crippen molar-refractivity contribution < 1.29 is 9.59 Å². The fraction of sp³-hybridized carbons (Fsp3) is 0.611. The molecule has 1 fully saturated rings. The van der Waals surface area contributed by atoms with Gasteiger partial charge in [0.2, 0.25) is 0 Å². The van der Waals surface area contributed by atoms with E-state index < -0.39 is 5.54 Å². The summed E-state index contributed by atoms with van der Waals surface area (Å²) in [6, 6.07) is 3.93. The minimum atomic E-state index is -0.779. The number of nitrogens with zero attached hydrogens (tertiary/aromatic N) is 1. The lowest BCUT2D eigenvalue weighted by Gasteiger charge is -2.40. The van der Waals surface area contributed by atoms with Crippen molar-refractivity contribution in [2.24, 2.45) is 11.3 Å². The lowest BCUT2D eigenvalue weighted by molar-refractivity contribution is 0.0859. The quantitative estimate of drug-likeness (QED) is 0.844. The van der Waals surface area contributed by atoms with Gasteiger partial charge in [-0.25, -0.2) is 0 Å². The molecule has 124 valence electrons. The van der Waals surface area contributed by atoms with Crippen LogP contribution in [0.2, 0.25) is 0 Å². The summed E-state index contributed by atoms with van der Waals surface area (Å²) in [6.45, 7) is 8.16. The first-order valence-corrected chi connectivity index (χ1v) is 8.88. The number of Topliss-reactive ketones (excluding diaryl/α,β-unsaturated/α-hetero) is 1. The van der Waals surface area contributed by atoms with E-state index in [9.17, 15) is 14.9 Å². The highest BCUT2D eigenvalue weighted by Crippen LogP contribution is 2.41. The summed E-state index contributed by atoms with van der Waals surface area (Å²) < 4.78 is 0. The van der Waals surface area contributed by atoms with Crippen LogP contribution in [-0.4, -0.2) is 17.2 Å². The Hall–Kier alpha value is -1.67. The first-order valence-electron chi connectivity index (χ1n) is 8.00. The highest BCUT2D eigenvalue weighted by atomic mass is 32.1. The number of nitrogens with one attached hydrogen (secondary N) is 1. The van der Waals surface area contributed by atoms with Gasteiger partial charge in [0.15, 0.2) is 5.78 Å². The largest absolute Gasteiger partial charge is 0.333 e. The number of carbonyl (C=O) groups excluding carboxylic acids is 2. The van der Waals surface area contributed by atoms with Crippen LogP contribution in [0.3, 0.4) is 0 Å². The summed E-state index contributed by atoms with van der Waals surface area (Å²) in [5.74, 6) is 0.270. The summed E-state index contributed by atoms with van der Waals surface area (Å²) in [4.78, 5) is 24.3. The third-order valence-electron chi connectivity index (χ3n) is 4.86. The molecule has 0 atom stereocenters. The topological polar surface area (TPSA) is 70.0 Å². The molecule has 0 saturated heterocycles. The number of nitriles is 1. The lowest BCUT2D eigenvalue weighted by atomic mass is 9.67. The maximum atomic E-state index is 12.4. The lowest BCUT2D eigenvalue weighted by Crippen LogP contribution is -2.50. The molecule has 1 heterocycles. The number of amides is 1. The summed E-state index contributed by atoms with van der Waals surface area (Å²) >= 11 is 1.25. The van der Waals surface area contributed by atoms with Gasteiger partial charge in [-0.1, -0.05) is 20.8 Å². The number of hydrogen-bond donors (Lipinski definition) is 1. The SMILES string of the molecule is CC(=O)c1csc(C(=O)NC2(C#N)CCC(C(C)(C)C)CC2)c1. The van der Waals surface area contributed by atoms with Crippen molar-refractivity contribution in [3.63, 3.8) is 0 Å². The Morgan fingerprint density at radius 3 is 2.39 bits per heavy atom. The Kier molecular flexibility index (Phi) is 4.95. The Balaban J connectivity index is 2.06. The Morgan fingerprint density at radius 2 is 1.96 bits per heavy atom. The molecule has 0 bridgehead atoms. The van der Waals surface area contributed by atoms with E-state index in [-0.39, 0.29) is 17.1 Å². The Labute approximate surface area is 141 Å². The molecule has 1 saturated carbocycles. The molecule has 5 heteroatoms. The molecule has 0 radical (unpaired) electrons. The average Bonchev–Trinajstić information content (AvgIpc) is 2.97.